The first-order chi connectivity index (χ1) is 9.92. The Balaban J connectivity index is 1.76. The summed E-state index contributed by atoms with van der Waals surface area (Å²) in [6.07, 6.45) is 2.12. The van der Waals surface area contributed by atoms with E-state index in [-0.39, 0.29) is 0 Å². The molecule has 0 saturated carbocycles. The second-order valence-corrected chi connectivity index (χ2v) is 5.38. The molecule has 2 unspecified atom stereocenters. The summed E-state index contributed by atoms with van der Waals surface area (Å²) in [5, 5.41) is 3.76. The van der Waals surface area contributed by atoms with Crippen molar-refractivity contribution in [1.29, 1.82) is 0 Å². The largest absolute Gasteiger partial charge is 0.380 e. The molecule has 0 bridgehead atoms. The lowest BCUT2D eigenvalue weighted by molar-refractivity contribution is 0.188. The van der Waals surface area contributed by atoms with Gasteiger partial charge in [-0.2, -0.15) is 0 Å². The maximum atomic E-state index is 5.48. The molecule has 2 heteroatoms. The monoisotopic (exact) mass is 267 g/mol. The molecule has 0 aromatic heterocycles. The van der Waals surface area contributed by atoms with Gasteiger partial charge in [0.05, 0.1) is 6.61 Å². The van der Waals surface area contributed by atoms with Crippen molar-refractivity contribution in [1.82, 2.24) is 5.32 Å². The van der Waals surface area contributed by atoms with E-state index < -0.39 is 0 Å². The van der Waals surface area contributed by atoms with E-state index in [4.69, 9.17) is 4.74 Å². The smallest absolute Gasteiger partial charge is 0.0620 e. The van der Waals surface area contributed by atoms with Crippen LogP contribution in [0.4, 0.5) is 0 Å². The Bertz CT molecular complexity index is 505. The zero-order valence-corrected chi connectivity index (χ0v) is 11.7. The molecule has 0 spiro atoms. The number of hydrogen-bond donors (Lipinski definition) is 1. The molecule has 0 amide bonds. The van der Waals surface area contributed by atoms with Crippen LogP contribution in [-0.2, 0) is 11.2 Å². The van der Waals surface area contributed by atoms with Gasteiger partial charge in [0.25, 0.3) is 0 Å². The zero-order valence-electron chi connectivity index (χ0n) is 11.7. The maximum Gasteiger partial charge on any atom is 0.0620 e. The average molecular weight is 267 g/mol. The SMILES string of the molecule is c1ccc(CC(NC2CCOC2)c2ccccc2)cc1. The van der Waals surface area contributed by atoms with Crippen LogP contribution >= 0.6 is 0 Å². The van der Waals surface area contributed by atoms with E-state index in [0.29, 0.717) is 12.1 Å². The van der Waals surface area contributed by atoms with Crippen molar-refractivity contribution in [2.45, 2.75) is 24.9 Å². The summed E-state index contributed by atoms with van der Waals surface area (Å²) >= 11 is 0. The van der Waals surface area contributed by atoms with E-state index in [2.05, 4.69) is 66.0 Å². The van der Waals surface area contributed by atoms with Crippen molar-refractivity contribution in [3.8, 4) is 0 Å². The van der Waals surface area contributed by atoms with Crippen LogP contribution in [0.3, 0.4) is 0 Å². The number of hydrogen-bond acceptors (Lipinski definition) is 2. The van der Waals surface area contributed by atoms with Crippen LogP contribution in [0.2, 0.25) is 0 Å². The summed E-state index contributed by atoms with van der Waals surface area (Å²) < 4.78 is 5.48. The second kappa shape index (κ2) is 6.69. The highest BCUT2D eigenvalue weighted by Crippen LogP contribution is 2.20. The van der Waals surface area contributed by atoms with Crippen LogP contribution < -0.4 is 5.32 Å². The molecule has 2 aromatic rings. The predicted molar refractivity (Wildman–Crippen MR) is 81.7 cm³/mol. The summed E-state index contributed by atoms with van der Waals surface area (Å²) in [4.78, 5) is 0. The molecular formula is C18H21NO. The van der Waals surface area contributed by atoms with Crippen molar-refractivity contribution in [2.24, 2.45) is 0 Å². The fraction of sp³-hybridized carbons (Fsp3) is 0.333. The van der Waals surface area contributed by atoms with Gasteiger partial charge in [0.15, 0.2) is 0 Å². The fourth-order valence-corrected chi connectivity index (χ4v) is 2.76. The van der Waals surface area contributed by atoms with Gasteiger partial charge in [0, 0.05) is 18.7 Å². The molecule has 20 heavy (non-hydrogen) atoms. The average Bonchev–Trinajstić information content (AvgIpc) is 3.02. The quantitative estimate of drug-likeness (QED) is 0.897. The molecule has 1 saturated heterocycles. The Morgan fingerprint density at radius 1 is 1.00 bits per heavy atom. The summed E-state index contributed by atoms with van der Waals surface area (Å²) in [5.74, 6) is 0. The summed E-state index contributed by atoms with van der Waals surface area (Å²) in [6, 6.07) is 22.2. The predicted octanol–water partition coefficient (Wildman–Crippen LogP) is 3.35. The zero-order chi connectivity index (χ0) is 13.6. The van der Waals surface area contributed by atoms with E-state index in [9.17, 15) is 0 Å². The number of benzene rings is 2. The van der Waals surface area contributed by atoms with Gasteiger partial charge in [-0.25, -0.2) is 0 Å². The Kier molecular flexibility index (Phi) is 4.46. The van der Waals surface area contributed by atoms with Crippen molar-refractivity contribution >= 4 is 0 Å². The van der Waals surface area contributed by atoms with E-state index in [1.165, 1.54) is 11.1 Å². The first-order valence-electron chi connectivity index (χ1n) is 7.34. The van der Waals surface area contributed by atoms with E-state index in [0.717, 1.165) is 26.1 Å². The minimum absolute atomic E-state index is 0.352. The third-order valence-corrected chi connectivity index (χ3v) is 3.85. The fourth-order valence-electron chi connectivity index (χ4n) is 2.76. The molecule has 1 fully saturated rings. The lowest BCUT2D eigenvalue weighted by Gasteiger charge is -2.23. The highest BCUT2D eigenvalue weighted by molar-refractivity contribution is 5.24. The molecule has 1 heterocycles. The van der Waals surface area contributed by atoms with Crippen LogP contribution in [0.5, 0.6) is 0 Å². The van der Waals surface area contributed by atoms with Crippen molar-refractivity contribution in [2.75, 3.05) is 13.2 Å². The highest BCUT2D eigenvalue weighted by Gasteiger charge is 2.20. The van der Waals surface area contributed by atoms with E-state index >= 15 is 0 Å². The number of nitrogens with one attached hydrogen (secondary N) is 1. The minimum atomic E-state index is 0.352. The van der Waals surface area contributed by atoms with Gasteiger partial charge < -0.3 is 10.1 Å². The molecular weight excluding hydrogens is 246 g/mol. The molecule has 0 radical (unpaired) electrons. The van der Waals surface area contributed by atoms with Crippen LogP contribution in [0.15, 0.2) is 60.7 Å². The summed E-state index contributed by atoms with van der Waals surface area (Å²) in [7, 11) is 0. The number of rotatable bonds is 5. The highest BCUT2D eigenvalue weighted by atomic mass is 16.5. The molecule has 3 rings (SSSR count). The molecule has 1 N–H and O–H groups in total. The van der Waals surface area contributed by atoms with Crippen LogP contribution in [0.25, 0.3) is 0 Å². The maximum absolute atomic E-state index is 5.48. The first kappa shape index (κ1) is 13.3. The molecule has 2 aromatic carbocycles. The molecule has 2 atom stereocenters. The molecule has 2 nitrogen and oxygen atoms in total. The Morgan fingerprint density at radius 3 is 2.35 bits per heavy atom. The van der Waals surface area contributed by atoms with Gasteiger partial charge in [-0.1, -0.05) is 60.7 Å². The molecule has 1 aliphatic heterocycles. The van der Waals surface area contributed by atoms with Crippen LogP contribution in [-0.4, -0.2) is 19.3 Å². The lowest BCUT2D eigenvalue weighted by atomic mass is 9.98. The van der Waals surface area contributed by atoms with Crippen molar-refractivity contribution in [3.05, 3.63) is 71.8 Å². The topological polar surface area (TPSA) is 21.3 Å². The first-order valence-corrected chi connectivity index (χ1v) is 7.34. The van der Waals surface area contributed by atoms with E-state index in [1.54, 1.807) is 0 Å². The number of ether oxygens (including phenoxy) is 1. The van der Waals surface area contributed by atoms with Crippen LogP contribution in [0, 0.1) is 0 Å². The minimum Gasteiger partial charge on any atom is -0.380 e. The Labute approximate surface area is 120 Å². The molecule has 104 valence electrons. The standard InChI is InChI=1S/C18H21NO/c1-3-7-15(8-4-1)13-18(16-9-5-2-6-10-16)19-17-11-12-20-14-17/h1-10,17-19H,11-14H2. The summed E-state index contributed by atoms with van der Waals surface area (Å²) in [5.41, 5.74) is 2.72. The van der Waals surface area contributed by atoms with Gasteiger partial charge in [-0.05, 0) is 24.0 Å². The third kappa shape index (κ3) is 3.47. The lowest BCUT2D eigenvalue weighted by Crippen LogP contribution is -2.34. The summed E-state index contributed by atoms with van der Waals surface area (Å²) in [6.45, 7) is 1.71. The molecule has 0 aliphatic carbocycles. The van der Waals surface area contributed by atoms with Crippen LogP contribution in [0.1, 0.15) is 23.6 Å². The van der Waals surface area contributed by atoms with Gasteiger partial charge >= 0.3 is 0 Å². The Hall–Kier alpha value is -1.64. The van der Waals surface area contributed by atoms with Gasteiger partial charge in [0.2, 0.25) is 0 Å². The van der Waals surface area contributed by atoms with E-state index in [1.807, 2.05) is 0 Å². The normalized spacial score (nSPS) is 19.9. The second-order valence-electron chi connectivity index (χ2n) is 5.38. The van der Waals surface area contributed by atoms with Gasteiger partial charge in [0.1, 0.15) is 0 Å². The van der Waals surface area contributed by atoms with Gasteiger partial charge in [-0.15, -0.1) is 0 Å². The van der Waals surface area contributed by atoms with Gasteiger partial charge in [-0.3, -0.25) is 0 Å². The molecule has 1 aliphatic rings. The third-order valence-electron chi connectivity index (χ3n) is 3.85. The van der Waals surface area contributed by atoms with Crippen molar-refractivity contribution in [3.63, 3.8) is 0 Å². The Morgan fingerprint density at radius 2 is 1.70 bits per heavy atom. The van der Waals surface area contributed by atoms with Crippen molar-refractivity contribution < 1.29 is 4.74 Å².